The van der Waals surface area contributed by atoms with Crippen LogP contribution in [0, 0.1) is 0 Å². The third kappa shape index (κ3) is 7.51. The SMILES string of the molecule is CC(C)(C)OC(=O)c1ccc(-c2ccc3cc(OCc4ccccc4)ccc3c2Oc2ccc(OCCBr)cc2)cc1. The lowest BCUT2D eigenvalue weighted by atomic mass is 9.98. The molecule has 0 fully saturated rings. The first-order valence-electron chi connectivity index (χ1n) is 13.8. The van der Waals surface area contributed by atoms with Crippen molar-refractivity contribution in [2.24, 2.45) is 0 Å². The second-order valence-electron chi connectivity index (χ2n) is 10.8. The Labute approximate surface area is 255 Å². The summed E-state index contributed by atoms with van der Waals surface area (Å²) in [4.78, 5) is 12.6. The minimum atomic E-state index is -0.562. The molecule has 0 aliphatic heterocycles. The van der Waals surface area contributed by atoms with E-state index in [1.54, 1.807) is 12.1 Å². The van der Waals surface area contributed by atoms with E-state index in [9.17, 15) is 4.79 Å². The number of benzene rings is 5. The Morgan fingerprint density at radius 2 is 1.43 bits per heavy atom. The average molecular weight is 626 g/mol. The molecule has 5 aromatic carbocycles. The van der Waals surface area contributed by atoms with Crippen molar-refractivity contribution in [1.29, 1.82) is 0 Å². The van der Waals surface area contributed by atoms with Crippen molar-refractivity contribution in [2.75, 3.05) is 11.9 Å². The summed E-state index contributed by atoms with van der Waals surface area (Å²) in [5.74, 6) is 2.60. The molecule has 6 heteroatoms. The van der Waals surface area contributed by atoms with Crippen molar-refractivity contribution in [3.05, 3.63) is 120 Å². The van der Waals surface area contributed by atoms with Gasteiger partial charge in [0.2, 0.25) is 0 Å². The summed E-state index contributed by atoms with van der Waals surface area (Å²) < 4.78 is 23.9. The van der Waals surface area contributed by atoms with Gasteiger partial charge in [0.25, 0.3) is 0 Å². The fourth-order valence-corrected chi connectivity index (χ4v) is 4.61. The first-order valence-corrected chi connectivity index (χ1v) is 15.0. The molecule has 0 atom stereocenters. The number of esters is 1. The van der Waals surface area contributed by atoms with Crippen molar-refractivity contribution in [2.45, 2.75) is 33.0 Å². The Kier molecular flexibility index (Phi) is 9.13. The Balaban J connectivity index is 1.48. The van der Waals surface area contributed by atoms with Crippen molar-refractivity contribution in [3.63, 3.8) is 0 Å². The summed E-state index contributed by atoms with van der Waals surface area (Å²) in [7, 11) is 0. The van der Waals surface area contributed by atoms with Crippen LogP contribution in [0.1, 0.15) is 36.7 Å². The van der Waals surface area contributed by atoms with Gasteiger partial charge in [0.05, 0.1) is 12.2 Å². The van der Waals surface area contributed by atoms with Gasteiger partial charge in [0, 0.05) is 16.3 Å². The molecule has 0 bridgehead atoms. The highest BCUT2D eigenvalue weighted by Gasteiger charge is 2.19. The van der Waals surface area contributed by atoms with Gasteiger partial charge < -0.3 is 18.9 Å². The maximum atomic E-state index is 12.6. The van der Waals surface area contributed by atoms with Crippen LogP contribution in [0.15, 0.2) is 109 Å². The minimum absolute atomic E-state index is 0.353. The fourth-order valence-electron chi connectivity index (χ4n) is 4.45. The van der Waals surface area contributed by atoms with Crippen LogP contribution in [0.4, 0.5) is 0 Å². The maximum Gasteiger partial charge on any atom is 0.338 e. The van der Waals surface area contributed by atoms with Crippen LogP contribution < -0.4 is 14.2 Å². The van der Waals surface area contributed by atoms with E-state index in [-0.39, 0.29) is 5.97 Å². The van der Waals surface area contributed by atoms with Crippen molar-refractivity contribution >= 4 is 32.7 Å². The summed E-state index contributed by atoms with van der Waals surface area (Å²) in [5, 5.41) is 2.69. The number of fused-ring (bicyclic) bond motifs is 1. The number of hydrogen-bond acceptors (Lipinski definition) is 5. The molecule has 0 aromatic heterocycles. The van der Waals surface area contributed by atoms with Gasteiger partial charge in [-0.3, -0.25) is 0 Å². The van der Waals surface area contributed by atoms with Gasteiger partial charge in [0.1, 0.15) is 35.2 Å². The van der Waals surface area contributed by atoms with Gasteiger partial charge in [-0.25, -0.2) is 4.79 Å². The van der Waals surface area contributed by atoms with Gasteiger partial charge in [-0.1, -0.05) is 64.5 Å². The van der Waals surface area contributed by atoms with Crippen molar-refractivity contribution in [1.82, 2.24) is 0 Å². The lowest BCUT2D eigenvalue weighted by molar-refractivity contribution is 0.00695. The molecular formula is C36H33BrO5. The van der Waals surface area contributed by atoms with Crippen LogP contribution >= 0.6 is 15.9 Å². The quantitative estimate of drug-likeness (QED) is 0.114. The van der Waals surface area contributed by atoms with E-state index in [4.69, 9.17) is 18.9 Å². The Hall–Kier alpha value is -4.29. The predicted octanol–water partition coefficient (Wildman–Crippen LogP) is 9.61. The second kappa shape index (κ2) is 13.1. The number of hydrogen-bond donors (Lipinski definition) is 0. The van der Waals surface area contributed by atoms with E-state index >= 15 is 0 Å². The molecule has 0 aliphatic rings. The molecule has 0 N–H and O–H groups in total. The molecule has 5 aromatic rings. The Bertz CT molecular complexity index is 1640. The summed E-state index contributed by atoms with van der Waals surface area (Å²) in [6, 6.07) is 35.2. The standard InChI is InChI=1S/C36H33BrO5/c1-36(2,3)42-35(38)27-11-9-26(10-12-27)32-19-13-28-23-31(40-24-25-7-5-4-6-8-25)18-20-33(28)34(32)41-30-16-14-29(15-17-30)39-22-21-37/h4-20,23H,21-22,24H2,1-3H3. The first kappa shape index (κ1) is 29.2. The third-order valence-corrected chi connectivity index (χ3v) is 6.73. The normalized spacial score (nSPS) is 11.2. The van der Waals surface area contributed by atoms with Crippen LogP contribution in [0.25, 0.3) is 21.9 Å². The number of halogens is 1. The van der Waals surface area contributed by atoms with Crippen LogP contribution in [0.2, 0.25) is 0 Å². The van der Waals surface area contributed by atoms with Gasteiger partial charge in [-0.05, 0) is 97.9 Å². The molecule has 5 nitrogen and oxygen atoms in total. The number of rotatable bonds is 10. The largest absolute Gasteiger partial charge is 0.493 e. The van der Waals surface area contributed by atoms with E-state index in [0.717, 1.165) is 44.3 Å². The molecule has 0 radical (unpaired) electrons. The van der Waals surface area contributed by atoms with Crippen LogP contribution in [0.3, 0.4) is 0 Å². The summed E-state index contributed by atoms with van der Waals surface area (Å²) in [6.45, 7) is 6.65. The van der Waals surface area contributed by atoms with Crippen LogP contribution in [-0.2, 0) is 11.3 Å². The third-order valence-electron chi connectivity index (χ3n) is 6.41. The summed E-state index contributed by atoms with van der Waals surface area (Å²) >= 11 is 3.39. The van der Waals surface area contributed by atoms with Crippen LogP contribution in [0.5, 0.6) is 23.0 Å². The van der Waals surface area contributed by atoms with Gasteiger partial charge in [0.15, 0.2) is 0 Å². The zero-order valence-corrected chi connectivity index (χ0v) is 25.5. The molecule has 0 unspecified atom stereocenters. The molecule has 0 saturated heterocycles. The molecular weight excluding hydrogens is 592 g/mol. The highest BCUT2D eigenvalue weighted by atomic mass is 79.9. The van der Waals surface area contributed by atoms with E-state index in [0.29, 0.717) is 30.3 Å². The maximum absolute atomic E-state index is 12.6. The van der Waals surface area contributed by atoms with Crippen molar-refractivity contribution < 1.29 is 23.7 Å². The molecule has 0 heterocycles. The van der Waals surface area contributed by atoms with E-state index in [1.807, 2.05) is 112 Å². The minimum Gasteiger partial charge on any atom is -0.493 e. The second-order valence-corrected chi connectivity index (χ2v) is 11.6. The summed E-state index contributed by atoms with van der Waals surface area (Å²) in [6.07, 6.45) is 0. The van der Waals surface area contributed by atoms with Crippen molar-refractivity contribution in [3.8, 4) is 34.1 Å². The lowest BCUT2D eigenvalue weighted by Gasteiger charge is -2.19. The lowest BCUT2D eigenvalue weighted by Crippen LogP contribution is -2.23. The molecule has 0 saturated carbocycles. The predicted molar refractivity (Wildman–Crippen MR) is 171 cm³/mol. The molecule has 42 heavy (non-hydrogen) atoms. The highest BCUT2D eigenvalue weighted by Crippen LogP contribution is 2.41. The fraction of sp³-hybridized carbons (Fsp3) is 0.194. The first-order chi connectivity index (χ1) is 20.3. The Morgan fingerprint density at radius 3 is 2.12 bits per heavy atom. The number of ether oxygens (including phenoxy) is 4. The molecule has 5 rings (SSSR count). The zero-order chi connectivity index (χ0) is 29.5. The average Bonchev–Trinajstić information content (AvgIpc) is 2.99. The van der Waals surface area contributed by atoms with Gasteiger partial charge >= 0.3 is 5.97 Å². The Morgan fingerprint density at radius 1 is 0.738 bits per heavy atom. The van der Waals surface area contributed by atoms with E-state index < -0.39 is 5.60 Å². The van der Waals surface area contributed by atoms with Gasteiger partial charge in [-0.2, -0.15) is 0 Å². The summed E-state index contributed by atoms with van der Waals surface area (Å²) in [5.41, 5.74) is 2.86. The van der Waals surface area contributed by atoms with Crippen LogP contribution in [-0.4, -0.2) is 23.5 Å². The van der Waals surface area contributed by atoms with E-state index in [2.05, 4.69) is 22.0 Å². The van der Waals surface area contributed by atoms with E-state index in [1.165, 1.54) is 0 Å². The number of alkyl halides is 1. The monoisotopic (exact) mass is 624 g/mol. The highest BCUT2D eigenvalue weighted by molar-refractivity contribution is 9.09. The topological polar surface area (TPSA) is 54.0 Å². The molecule has 0 amide bonds. The molecule has 0 aliphatic carbocycles. The van der Waals surface area contributed by atoms with Gasteiger partial charge in [-0.15, -0.1) is 0 Å². The zero-order valence-electron chi connectivity index (χ0n) is 23.9. The molecule has 214 valence electrons. The number of carbonyl (C=O) groups is 1. The smallest absolute Gasteiger partial charge is 0.338 e. The number of carbonyl (C=O) groups excluding carboxylic acids is 1. The molecule has 0 spiro atoms.